The van der Waals surface area contributed by atoms with Gasteiger partial charge in [-0.3, -0.25) is 14.7 Å². The molecule has 4 rings (SSSR count). The molecular formula is C24H25F3N6O2. The quantitative estimate of drug-likeness (QED) is 0.553. The van der Waals surface area contributed by atoms with Gasteiger partial charge in [-0.2, -0.15) is 13.2 Å². The predicted molar refractivity (Wildman–Crippen MR) is 124 cm³/mol. The zero-order valence-corrected chi connectivity index (χ0v) is 19.1. The highest BCUT2D eigenvalue weighted by atomic mass is 19.4. The number of carbonyl (C=O) groups excluding carboxylic acids is 1. The lowest BCUT2D eigenvalue weighted by Crippen LogP contribution is -2.46. The van der Waals surface area contributed by atoms with E-state index in [2.05, 4.69) is 32.2 Å². The first-order valence-electron chi connectivity index (χ1n) is 11.1. The molecule has 3 aromatic rings. The zero-order valence-electron chi connectivity index (χ0n) is 19.1. The molecule has 0 radical (unpaired) electrons. The minimum Gasteiger partial charge on any atom is -0.506 e. The smallest absolute Gasteiger partial charge is 0.405 e. The number of piperazine rings is 1. The van der Waals surface area contributed by atoms with Crippen LogP contribution < -0.4 is 10.2 Å². The van der Waals surface area contributed by atoms with E-state index < -0.39 is 18.6 Å². The number of rotatable bonds is 6. The molecule has 1 aliphatic heterocycles. The number of nitrogens with one attached hydrogen (secondary N) is 1. The average Bonchev–Trinajstić information content (AvgIpc) is 2.83. The highest BCUT2D eigenvalue weighted by molar-refractivity contribution is 5.92. The Balaban J connectivity index is 1.30. The number of hydrogen-bond donors (Lipinski definition) is 2. The summed E-state index contributed by atoms with van der Waals surface area (Å²) < 4.78 is 36.8. The molecule has 0 spiro atoms. The summed E-state index contributed by atoms with van der Waals surface area (Å²) in [5.41, 5.74) is 4.02. The van der Waals surface area contributed by atoms with Gasteiger partial charge >= 0.3 is 6.18 Å². The number of aryl methyl sites for hydroxylation is 1. The molecular weight excluding hydrogens is 461 g/mol. The van der Waals surface area contributed by atoms with Crippen LogP contribution in [0.1, 0.15) is 21.6 Å². The number of alkyl halides is 3. The molecule has 8 nitrogen and oxygen atoms in total. The van der Waals surface area contributed by atoms with Gasteiger partial charge in [-0.05, 0) is 41.8 Å². The summed E-state index contributed by atoms with van der Waals surface area (Å²) in [6.45, 7) is 4.43. The van der Waals surface area contributed by atoms with Crippen molar-refractivity contribution < 1.29 is 23.1 Å². The Kier molecular flexibility index (Phi) is 7.15. The minimum atomic E-state index is -4.48. The Morgan fingerprint density at radius 1 is 1.06 bits per heavy atom. The second kappa shape index (κ2) is 10.3. The van der Waals surface area contributed by atoms with Gasteiger partial charge in [0.05, 0.1) is 6.20 Å². The van der Waals surface area contributed by atoms with Crippen LogP contribution in [0.15, 0.2) is 48.8 Å². The van der Waals surface area contributed by atoms with Gasteiger partial charge in [0, 0.05) is 44.5 Å². The largest absolute Gasteiger partial charge is 0.506 e. The molecule has 11 heteroatoms. The van der Waals surface area contributed by atoms with Crippen molar-refractivity contribution in [2.24, 2.45) is 0 Å². The molecule has 35 heavy (non-hydrogen) atoms. The van der Waals surface area contributed by atoms with Crippen LogP contribution in [-0.4, -0.2) is 70.0 Å². The number of nitrogens with zero attached hydrogens (tertiary/aromatic N) is 5. The van der Waals surface area contributed by atoms with Gasteiger partial charge in [0.2, 0.25) is 0 Å². The van der Waals surface area contributed by atoms with Gasteiger partial charge in [0.25, 0.3) is 5.91 Å². The summed E-state index contributed by atoms with van der Waals surface area (Å²) >= 11 is 0. The fourth-order valence-corrected chi connectivity index (χ4v) is 4.00. The lowest BCUT2D eigenvalue weighted by atomic mass is 9.99. The van der Waals surface area contributed by atoms with Crippen molar-refractivity contribution in [1.82, 2.24) is 25.4 Å². The zero-order chi connectivity index (χ0) is 25.0. The van der Waals surface area contributed by atoms with Crippen LogP contribution in [0.5, 0.6) is 5.75 Å². The summed E-state index contributed by atoms with van der Waals surface area (Å²) in [6, 6.07) is 10.9. The van der Waals surface area contributed by atoms with Gasteiger partial charge in [0.15, 0.2) is 11.5 Å². The van der Waals surface area contributed by atoms with Gasteiger partial charge in [-0.25, -0.2) is 0 Å². The molecule has 2 N–H and O–H groups in total. The monoisotopic (exact) mass is 486 g/mol. The van der Waals surface area contributed by atoms with Crippen LogP contribution in [0.3, 0.4) is 0 Å². The Labute approximate surface area is 200 Å². The van der Waals surface area contributed by atoms with Crippen molar-refractivity contribution in [3.05, 3.63) is 65.6 Å². The SMILES string of the molecule is Cc1cc(CN2CCN(c3ccc(C(=O)NCC(F)(F)F)nn3)CC2)ccc1-c1cncc(O)c1. The fourth-order valence-electron chi connectivity index (χ4n) is 4.00. The second-order valence-corrected chi connectivity index (χ2v) is 8.42. The summed E-state index contributed by atoms with van der Waals surface area (Å²) in [7, 11) is 0. The van der Waals surface area contributed by atoms with Gasteiger partial charge in [-0.1, -0.05) is 18.2 Å². The third-order valence-corrected chi connectivity index (χ3v) is 5.76. The van der Waals surface area contributed by atoms with Gasteiger partial charge in [-0.15, -0.1) is 10.2 Å². The average molecular weight is 486 g/mol. The molecule has 2 aromatic heterocycles. The van der Waals surface area contributed by atoms with E-state index in [0.717, 1.165) is 36.3 Å². The third-order valence-electron chi connectivity index (χ3n) is 5.76. The van der Waals surface area contributed by atoms with Gasteiger partial charge in [0.1, 0.15) is 12.3 Å². The minimum absolute atomic E-state index is 0.132. The van der Waals surface area contributed by atoms with E-state index in [1.54, 1.807) is 23.6 Å². The van der Waals surface area contributed by atoms with E-state index in [9.17, 15) is 23.1 Å². The van der Waals surface area contributed by atoms with Crippen LogP contribution in [-0.2, 0) is 6.54 Å². The molecule has 1 amide bonds. The molecule has 0 saturated carbocycles. The number of aromatic nitrogens is 3. The summed E-state index contributed by atoms with van der Waals surface area (Å²) in [5, 5.41) is 19.3. The molecule has 1 aliphatic rings. The van der Waals surface area contributed by atoms with E-state index in [0.29, 0.717) is 18.9 Å². The van der Waals surface area contributed by atoms with Crippen LogP contribution in [0.25, 0.3) is 11.1 Å². The number of benzene rings is 1. The topological polar surface area (TPSA) is 94.5 Å². The van der Waals surface area contributed by atoms with E-state index in [1.165, 1.54) is 17.8 Å². The summed E-state index contributed by atoms with van der Waals surface area (Å²) in [4.78, 5) is 20.2. The first kappa shape index (κ1) is 24.4. The molecule has 1 fully saturated rings. The summed E-state index contributed by atoms with van der Waals surface area (Å²) in [5.74, 6) is -0.197. The molecule has 0 bridgehead atoms. The van der Waals surface area contributed by atoms with E-state index in [-0.39, 0.29) is 11.4 Å². The molecule has 0 unspecified atom stereocenters. The van der Waals surface area contributed by atoms with Crippen LogP contribution in [0, 0.1) is 6.92 Å². The van der Waals surface area contributed by atoms with Crippen molar-refractivity contribution >= 4 is 11.7 Å². The maximum Gasteiger partial charge on any atom is 0.405 e. The molecule has 3 heterocycles. The van der Waals surface area contributed by atoms with E-state index in [4.69, 9.17) is 0 Å². The molecule has 1 saturated heterocycles. The number of carbonyl (C=O) groups is 1. The Bertz CT molecular complexity index is 1180. The normalized spacial score (nSPS) is 14.7. The van der Waals surface area contributed by atoms with E-state index >= 15 is 0 Å². The fraction of sp³-hybridized carbons (Fsp3) is 0.333. The molecule has 1 aromatic carbocycles. The van der Waals surface area contributed by atoms with Crippen molar-refractivity contribution in [3.8, 4) is 16.9 Å². The number of halogens is 3. The highest BCUT2D eigenvalue weighted by Crippen LogP contribution is 2.26. The van der Waals surface area contributed by atoms with Crippen molar-refractivity contribution in [2.45, 2.75) is 19.6 Å². The van der Waals surface area contributed by atoms with Gasteiger partial charge < -0.3 is 15.3 Å². The second-order valence-electron chi connectivity index (χ2n) is 8.42. The Morgan fingerprint density at radius 2 is 1.83 bits per heavy atom. The number of amides is 1. The number of aromatic hydroxyl groups is 1. The van der Waals surface area contributed by atoms with Crippen molar-refractivity contribution in [2.75, 3.05) is 37.6 Å². The highest BCUT2D eigenvalue weighted by Gasteiger charge is 2.28. The van der Waals surface area contributed by atoms with E-state index in [1.807, 2.05) is 17.9 Å². The Hall–Kier alpha value is -3.73. The van der Waals surface area contributed by atoms with Crippen LogP contribution >= 0.6 is 0 Å². The predicted octanol–water partition coefficient (Wildman–Crippen LogP) is 3.17. The first-order valence-corrected chi connectivity index (χ1v) is 11.1. The first-order chi connectivity index (χ1) is 16.7. The van der Waals surface area contributed by atoms with Crippen LogP contribution in [0.4, 0.5) is 19.0 Å². The molecule has 0 atom stereocenters. The lowest BCUT2D eigenvalue weighted by Gasteiger charge is -2.35. The molecule has 184 valence electrons. The lowest BCUT2D eigenvalue weighted by molar-refractivity contribution is -0.123. The standard InChI is InChI=1S/C24H25F3N6O2/c1-16-10-17(2-3-20(16)18-11-19(34)13-28-12-18)14-32-6-8-33(9-7-32)22-5-4-21(30-31-22)23(35)29-15-24(25,26)27/h2-5,10-13,34H,6-9,14-15H2,1H3,(H,29,35). The summed E-state index contributed by atoms with van der Waals surface area (Å²) in [6.07, 6.45) is -1.35. The maximum atomic E-state index is 12.3. The van der Waals surface area contributed by atoms with Crippen LogP contribution in [0.2, 0.25) is 0 Å². The van der Waals surface area contributed by atoms with Crippen molar-refractivity contribution in [3.63, 3.8) is 0 Å². The third kappa shape index (κ3) is 6.44. The van der Waals surface area contributed by atoms with Crippen molar-refractivity contribution in [1.29, 1.82) is 0 Å². The number of pyridine rings is 1. The molecule has 0 aliphatic carbocycles. The number of anilines is 1. The Morgan fingerprint density at radius 3 is 2.46 bits per heavy atom. The number of hydrogen-bond acceptors (Lipinski definition) is 7. The maximum absolute atomic E-state index is 12.3.